The maximum absolute atomic E-state index is 12.9. The highest BCUT2D eigenvalue weighted by molar-refractivity contribution is 9.10. The maximum Gasteiger partial charge on any atom is 0.282 e. The second-order valence-corrected chi connectivity index (χ2v) is 9.56. The largest absolute Gasteiger partial charge is 0.486 e. The van der Waals surface area contributed by atoms with Crippen molar-refractivity contribution in [3.63, 3.8) is 0 Å². The molecule has 1 aromatic heterocycles. The molecular weight excluding hydrogens is 581 g/mol. The minimum atomic E-state index is -0.267. The van der Waals surface area contributed by atoms with Crippen LogP contribution in [-0.2, 0) is 6.61 Å². The number of aryl methyl sites for hydroxylation is 1. The summed E-state index contributed by atoms with van der Waals surface area (Å²) in [7, 11) is 0. The number of benzene rings is 3. The molecule has 1 heterocycles. The van der Waals surface area contributed by atoms with Gasteiger partial charge in [0.05, 0.1) is 27.2 Å². The van der Waals surface area contributed by atoms with Crippen molar-refractivity contribution in [1.82, 2.24) is 9.66 Å². The van der Waals surface area contributed by atoms with Gasteiger partial charge in [0, 0.05) is 8.95 Å². The van der Waals surface area contributed by atoms with Gasteiger partial charge < -0.3 is 4.74 Å². The topological polar surface area (TPSA) is 56.5 Å². The first kappa shape index (κ1) is 23.0. The lowest BCUT2D eigenvalue weighted by Gasteiger charge is -2.11. The van der Waals surface area contributed by atoms with Gasteiger partial charge in [0.1, 0.15) is 12.4 Å². The van der Waals surface area contributed by atoms with E-state index in [4.69, 9.17) is 27.9 Å². The quantitative estimate of drug-likeness (QED) is 0.234. The maximum atomic E-state index is 12.9. The van der Waals surface area contributed by atoms with Crippen LogP contribution < -0.4 is 10.3 Å². The Balaban J connectivity index is 1.60. The Morgan fingerprint density at radius 1 is 1.03 bits per heavy atom. The molecule has 32 heavy (non-hydrogen) atoms. The molecule has 5 nitrogen and oxygen atoms in total. The lowest BCUT2D eigenvalue weighted by atomic mass is 10.2. The third-order valence-corrected chi connectivity index (χ3v) is 6.19. The van der Waals surface area contributed by atoms with Crippen LogP contribution in [0.15, 0.2) is 73.4 Å². The average Bonchev–Trinajstić information content (AvgIpc) is 2.75. The van der Waals surface area contributed by atoms with Crippen molar-refractivity contribution in [3.8, 4) is 5.75 Å². The monoisotopic (exact) mass is 593 g/mol. The first-order valence-electron chi connectivity index (χ1n) is 9.41. The predicted molar refractivity (Wildman–Crippen MR) is 136 cm³/mol. The van der Waals surface area contributed by atoms with E-state index in [1.54, 1.807) is 31.2 Å². The summed E-state index contributed by atoms with van der Waals surface area (Å²) in [4.78, 5) is 17.3. The Kier molecular flexibility index (Phi) is 7.00. The van der Waals surface area contributed by atoms with Gasteiger partial charge in [-0.1, -0.05) is 67.2 Å². The predicted octanol–water partition coefficient (Wildman–Crippen LogP) is 7.00. The van der Waals surface area contributed by atoms with Gasteiger partial charge in [-0.3, -0.25) is 4.79 Å². The van der Waals surface area contributed by atoms with E-state index < -0.39 is 0 Å². The average molecular weight is 596 g/mol. The van der Waals surface area contributed by atoms with Crippen molar-refractivity contribution in [2.45, 2.75) is 13.5 Å². The van der Waals surface area contributed by atoms with Gasteiger partial charge in [-0.05, 0) is 60.5 Å². The van der Waals surface area contributed by atoms with Crippen LogP contribution in [0.5, 0.6) is 5.75 Å². The zero-order chi connectivity index (χ0) is 22.8. The molecular formula is C23H15Br2Cl2N3O2. The fourth-order valence-electron chi connectivity index (χ4n) is 3.05. The van der Waals surface area contributed by atoms with Gasteiger partial charge in [-0.2, -0.15) is 9.78 Å². The molecule has 0 aliphatic rings. The van der Waals surface area contributed by atoms with E-state index >= 15 is 0 Å². The second-order valence-electron chi connectivity index (χ2n) is 6.91. The highest BCUT2D eigenvalue weighted by atomic mass is 79.9. The number of hydrogen-bond donors (Lipinski definition) is 0. The Labute approximate surface area is 210 Å². The third-order valence-electron chi connectivity index (χ3n) is 4.61. The summed E-state index contributed by atoms with van der Waals surface area (Å²) in [5, 5.41) is 5.47. The van der Waals surface area contributed by atoms with Gasteiger partial charge in [-0.25, -0.2) is 4.98 Å². The lowest BCUT2D eigenvalue weighted by molar-refractivity contribution is 0.306. The highest BCUT2D eigenvalue weighted by Crippen LogP contribution is 2.34. The first-order valence-corrected chi connectivity index (χ1v) is 11.8. The van der Waals surface area contributed by atoms with Crippen molar-refractivity contribution in [2.75, 3.05) is 0 Å². The van der Waals surface area contributed by atoms with Crippen LogP contribution in [0.2, 0.25) is 10.0 Å². The number of rotatable bonds is 5. The van der Waals surface area contributed by atoms with Crippen molar-refractivity contribution < 1.29 is 4.74 Å². The van der Waals surface area contributed by atoms with Gasteiger partial charge in [0.2, 0.25) is 0 Å². The molecule has 0 bridgehead atoms. The number of ether oxygens (including phenoxy) is 1. The van der Waals surface area contributed by atoms with E-state index in [0.29, 0.717) is 44.7 Å². The number of fused-ring (bicyclic) bond motifs is 1. The summed E-state index contributed by atoms with van der Waals surface area (Å²) in [5.74, 6) is 0.853. The molecule has 162 valence electrons. The van der Waals surface area contributed by atoms with Crippen LogP contribution in [0, 0.1) is 6.92 Å². The van der Waals surface area contributed by atoms with Crippen molar-refractivity contribution in [2.24, 2.45) is 5.10 Å². The van der Waals surface area contributed by atoms with Gasteiger partial charge in [-0.15, -0.1) is 0 Å². The van der Waals surface area contributed by atoms with Crippen LogP contribution >= 0.6 is 55.1 Å². The minimum Gasteiger partial charge on any atom is -0.486 e. The van der Waals surface area contributed by atoms with Crippen molar-refractivity contribution in [1.29, 1.82) is 0 Å². The zero-order valence-corrected chi connectivity index (χ0v) is 21.3. The summed E-state index contributed by atoms with van der Waals surface area (Å²) >= 11 is 19.6. The molecule has 0 fully saturated rings. The molecule has 0 amide bonds. The molecule has 0 N–H and O–H groups in total. The normalized spacial score (nSPS) is 11.4. The van der Waals surface area contributed by atoms with E-state index in [2.05, 4.69) is 41.9 Å². The molecule has 0 saturated heterocycles. The second kappa shape index (κ2) is 9.75. The molecule has 3 aromatic carbocycles. The molecule has 0 unspecified atom stereocenters. The van der Waals surface area contributed by atoms with Crippen LogP contribution in [-0.4, -0.2) is 15.9 Å². The SMILES string of the molecule is Cc1nc2ccc(Br)cc2c(=O)n1N=Cc1cc(Cl)c(OCc2ccc(Br)cc2)c(Cl)c1. The third kappa shape index (κ3) is 5.07. The number of aromatic nitrogens is 2. The molecule has 4 rings (SSSR count). The molecule has 0 radical (unpaired) electrons. The smallest absolute Gasteiger partial charge is 0.282 e. The molecule has 0 spiro atoms. The van der Waals surface area contributed by atoms with E-state index in [9.17, 15) is 4.79 Å². The number of nitrogens with zero attached hydrogens (tertiary/aromatic N) is 3. The Bertz CT molecular complexity index is 1380. The van der Waals surface area contributed by atoms with Gasteiger partial charge in [0.25, 0.3) is 5.56 Å². The van der Waals surface area contributed by atoms with Gasteiger partial charge >= 0.3 is 0 Å². The fourth-order valence-corrected chi connectivity index (χ4v) is 4.29. The summed E-state index contributed by atoms with van der Waals surface area (Å²) < 4.78 is 8.84. The van der Waals surface area contributed by atoms with Crippen molar-refractivity contribution in [3.05, 3.63) is 101 Å². The van der Waals surface area contributed by atoms with E-state index in [1.165, 1.54) is 10.9 Å². The molecule has 0 atom stereocenters. The van der Waals surface area contributed by atoms with Crippen molar-refractivity contribution >= 4 is 72.2 Å². The first-order chi connectivity index (χ1) is 15.3. The highest BCUT2D eigenvalue weighted by Gasteiger charge is 2.11. The number of halogens is 4. The summed E-state index contributed by atoms with van der Waals surface area (Å²) in [6.45, 7) is 2.05. The lowest BCUT2D eigenvalue weighted by Crippen LogP contribution is -2.20. The Morgan fingerprint density at radius 3 is 2.38 bits per heavy atom. The fraction of sp³-hybridized carbons (Fsp3) is 0.0870. The van der Waals surface area contributed by atoms with Gasteiger partial charge in [0.15, 0.2) is 5.75 Å². The van der Waals surface area contributed by atoms with E-state index in [-0.39, 0.29) is 5.56 Å². The molecule has 0 aliphatic heterocycles. The summed E-state index contributed by atoms with van der Waals surface area (Å²) in [6.07, 6.45) is 1.51. The van der Waals surface area contributed by atoms with E-state index in [1.807, 2.05) is 30.3 Å². The van der Waals surface area contributed by atoms with Crippen LogP contribution in [0.4, 0.5) is 0 Å². The molecule has 4 aromatic rings. The van der Waals surface area contributed by atoms with E-state index in [0.717, 1.165) is 14.5 Å². The summed E-state index contributed by atoms with van der Waals surface area (Å²) in [6, 6.07) is 16.5. The van der Waals surface area contributed by atoms with Crippen LogP contribution in [0.1, 0.15) is 17.0 Å². The molecule has 0 aliphatic carbocycles. The molecule has 9 heteroatoms. The Morgan fingerprint density at radius 2 is 1.69 bits per heavy atom. The number of hydrogen-bond acceptors (Lipinski definition) is 4. The Hall–Kier alpha value is -2.19. The zero-order valence-electron chi connectivity index (χ0n) is 16.7. The minimum absolute atomic E-state index is 0.267. The summed E-state index contributed by atoms with van der Waals surface area (Å²) in [5.41, 5.74) is 1.95. The molecule has 0 saturated carbocycles. The van der Waals surface area contributed by atoms with Crippen LogP contribution in [0.3, 0.4) is 0 Å². The standard InChI is InChI=1S/C23H15Br2Cl2N3O2/c1-13-29-21-7-6-17(25)10-18(21)23(31)30(13)28-11-15-8-19(26)22(20(27)9-15)32-12-14-2-4-16(24)5-3-14/h2-11H,12H2,1H3. The van der Waals surface area contributed by atoms with Crippen LogP contribution in [0.25, 0.3) is 10.9 Å².